The van der Waals surface area contributed by atoms with Crippen LogP contribution in [-0.2, 0) is 11.2 Å². The molecule has 1 aliphatic rings. The van der Waals surface area contributed by atoms with Crippen molar-refractivity contribution in [1.29, 1.82) is 0 Å². The number of ether oxygens (including phenoxy) is 2. The molecule has 0 aromatic heterocycles. The minimum atomic E-state index is -0.484. The topological polar surface area (TPSA) is 47.6 Å². The molecule has 0 aliphatic carbocycles. The number of nitrogens with one attached hydrogen (secondary N) is 1. The summed E-state index contributed by atoms with van der Waals surface area (Å²) in [4.78, 5) is 11.7. The van der Waals surface area contributed by atoms with Gasteiger partial charge in [0.25, 0.3) is 0 Å². The van der Waals surface area contributed by atoms with Crippen LogP contribution in [0.4, 0.5) is 4.79 Å². The van der Waals surface area contributed by atoms with Crippen LogP contribution in [0.15, 0.2) is 22.7 Å². The van der Waals surface area contributed by atoms with E-state index in [4.69, 9.17) is 9.47 Å². The number of rotatable bonds is 1. The van der Waals surface area contributed by atoms with E-state index in [2.05, 4.69) is 21.2 Å². The molecule has 1 atom stereocenters. The Hall–Kier alpha value is -1.23. The standard InChI is InChI=1S/C14H18BrNO3/c1-14(2,3)19-13(17)16-11-6-9-4-5-10(15)7-12(9)18-8-11/h4-5,7,11H,6,8H2,1-3H3,(H,16,17). The molecular weight excluding hydrogens is 310 g/mol. The summed E-state index contributed by atoms with van der Waals surface area (Å²) in [5, 5.41) is 2.83. The Balaban J connectivity index is 1.95. The van der Waals surface area contributed by atoms with E-state index in [-0.39, 0.29) is 6.04 Å². The summed E-state index contributed by atoms with van der Waals surface area (Å²) < 4.78 is 11.9. The number of amides is 1. The Labute approximate surface area is 121 Å². The van der Waals surface area contributed by atoms with Gasteiger partial charge in [-0.2, -0.15) is 0 Å². The van der Waals surface area contributed by atoms with Gasteiger partial charge in [-0.25, -0.2) is 4.79 Å². The molecule has 0 saturated carbocycles. The van der Waals surface area contributed by atoms with Gasteiger partial charge in [0.1, 0.15) is 18.0 Å². The lowest BCUT2D eigenvalue weighted by atomic mass is 10.0. The minimum absolute atomic E-state index is 0.0523. The molecule has 0 saturated heterocycles. The molecule has 1 aromatic rings. The molecule has 0 bridgehead atoms. The van der Waals surface area contributed by atoms with Crippen LogP contribution in [-0.4, -0.2) is 24.3 Å². The third kappa shape index (κ3) is 4.13. The molecule has 0 radical (unpaired) electrons. The van der Waals surface area contributed by atoms with Gasteiger partial charge in [0, 0.05) is 4.47 Å². The average molecular weight is 328 g/mol. The first-order valence-corrected chi connectivity index (χ1v) is 7.03. The van der Waals surface area contributed by atoms with Crippen molar-refractivity contribution < 1.29 is 14.3 Å². The highest BCUT2D eigenvalue weighted by molar-refractivity contribution is 9.10. The fourth-order valence-corrected chi connectivity index (χ4v) is 2.25. The van der Waals surface area contributed by atoms with E-state index in [1.807, 2.05) is 39.0 Å². The highest BCUT2D eigenvalue weighted by Gasteiger charge is 2.24. The van der Waals surface area contributed by atoms with Crippen LogP contribution in [0, 0.1) is 0 Å². The van der Waals surface area contributed by atoms with E-state index >= 15 is 0 Å². The molecule has 19 heavy (non-hydrogen) atoms. The van der Waals surface area contributed by atoms with Crippen molar-refractivity contribution in [2.45, 2.75) is 38.8 Å². The van der Waals surface area contributed by atoms with Gasteiger partial charge in [0.05, 0.1) is 6.04 Å². The highest BCUT2D eigenvalue weighted by Crippen LogP contribution is 2.28. The molecule has 4 nitrogen and oxygen atoms in total. The fraction of sp³-hybridized carbons (Fsp3) is 0.500. The van der Waals surface area contributed by atoms with Gasteiger partial charge >= 0.3 is 6.09 Å². The Morgan fingerprint density at radius 3 is 2.89 bits per heavy atom. The van der Waals surface area contributed by atoms with E-state index in [9.17, 15) is 4.79 Å². The lowest BCUT2D eigenvalue weighted by molar-refractivity contribution is 0.0481. The van der Waals surface area contributed by atoms with E-state index < -0.39 is 11.7 Å². The SMILES string of the molecule is CC(C)(C)OC(=O)NC1COc2cc(Br)ccc2C1. The van der Waals surface area contributed by atoms with Gasteiger partial charge in [-0.05, 0) is 44.9 Å². The van der Waals surface area contributed by atoms with Crippen LogP contribution >= 0.6 is 15.9 Å². The molecular formula is C14H18BrNO3. The summed E-state index contributed by atoms with van der Waals surface area (Å²) >= 11 is 3.41. The summed E-state index contributed by atoms with van der Waals surface area (Å²) in [6.07, 6.45) is 0.351. The van der Waals surface area contributed by atoms with E-state index in [0.717, 1.165) is 22.2 Å². The molecule has 0 fully saturated rings. The summed E-state index contributed by atoms with van der Waals surface area (Å²) in [6.45, 7) is 5.99. The van der Waals surface area contributed by atoms with Crippen LogP contribution in [0.5, 0.6) is 5.75 Å². The molecule has 1 unspecified atom stereocenters. The highest BCUT2D eigenvalue weighted by atomic mass is 79.9. The molecule has 0 spiro atoms. The summed E-state index contributed by atoms with van der Waals surface area (Å²) in [7, 11) is 0. The van der Waals surface area contributed by atoms with Gasteiger partial charge in [0.15, 0.2) is 0 Å². The molecule has 104 valence electrons. The second kappa shape index (κ2) is 5.41. The molecule has 1 amide bonds. The first kappa shape index (κ1) is 14.2. The fourth-order valence-electron chi connectivity index (χ4n) is 1.91. The summed E-state index contributed by atoms with van der Waals surface area (Å²) in [5.41, 5.74) is 0.609. The maximum atomic E-state index is 11.7. The number of benzene rings is 1. The number of fused-ring (bicyclic) bond motifs is 1. The van der Waals surface area contributed by atoms with Crippen LogP contribution in [0.25, 0.3) is 0 Å². The normalized spacial score (nSPS) is 18.2. The zero-order valence-electron chi connectivity index (χ0n) is 11.3. The zero-order chi connectivity index (χ0) is 14.0. The molecule has 1 N–H and O–H groups in total. The summed E-state index contributed by atoms with van der Waals surface area (Å²) in [5.74, 6) is 0.872. The number of halogens is 1. The largest absolute Gasteiger partial charge is 0.491 e. The van der Waals surface area contributed by atoms with Crippen molar-refractivity contribution in [2.75, 3.05) is 6.61 Å². The van der Waals surface area contributed by atoms with E-state index in [1.54, 1.807) is 0 Å². The molecule has 1 aliphatic heterocycles. The van der Waals surface area contributed by atoms with Crippen molar-refractivity contribution in [3.8, 4) is 5.75 Å². The lowest BCUT2D eigenvalue weighted by Crippen LogP contribution is -2.44. The second-order valence-corrected chi connectivity index (χ2v) is 6.53. The van der Waals surface area contributed by atoms with Crippen LogP contribution in [0.2, 0.25) is 0 Å². The number of alkyl carbamates (subject to hydrolysis) is 1. The Kier molecular flexibility index (Phi) is 4.04. The number of hydrogen-bond donors (Lipinski definition) is 1. The average Bonchev–Trinajstić information content (AvgIpc) is 2.26. The predicted octanol–water partition coefficient (Wildman–Crippen LogP) is 3.28. The van der Waals surface area contributed by atoms with Crippen molar-refractivity contribution >= 4 is 22.0 Å². The maximum absolute atomic E-state index is 11.7. The number of carbonyl (C=O) groups is 1. The monoisotopic (exact) mass is 327 g/mol. The Bertz CT molecular complexity index is 482. The zero-order valence-corrected chi connectivity index (χ0v) is 12.9. The van der Waals surface area contributed by atoms with Crippen molar-refractivity contribution in [2.24, 2.45) is 0 Å². The van der Waals surface area contributed by atoms with Crippen molar-refractivity contribution in [3.05, 3.63) is 28.2 Å². The second-order valence-electron chi connectivity index (χ2n) is 5.61. The number of carbonyl (C=O) groups excluding carboxylic acids is 1. The third-order valence-corrected chi connectivity index (χ3v) is 3.15. The molecule has 5 heteroatoms. The Morgan fingerprint density at radius 2 is 2.21 bits per heavy atom. The number of hydrogen-bond acceptors (Lipinski definition) is 3. The molecule has 1 aromatic carbocycles. The van der Waals surface area contributed by atoms with Gasteiger partial charge in [-0.15, -0.1) is 0 Å². The van der Waals surface area contributed by atoms with Gasteiger partial charge in [-0.1, -0.05) is 22.0 Å². The van der Waals surface area contributed by atoms with Crippen LogP contribution in [0.3, 0.4) is 0 Å². The van der Waals surface area contributed by atoms with Gasteiger partial charge in [-0.3, -0.25) is 0 Å². The Morgan fingerprint density at radius 1 is 1.47 bits per heavy atom. The van der Waals surface area contributed by atoms with E-state index in [1.165, 1.54) is 0 Å². The van der Waals surface area contributed by atoms with Crippen LogP contribution < -0.4 is 10.1 Å². The van der Waals surface area contributed by atoms with E-state index in [0.29, 0.717) is 6.61 Å². The van der Waals surface area contributed by atoms with Gasteiger partial charge < -0.3 is 14.8 Å². The lowest BCUT2D eigenvalue weighted by Gasteiger charge is -2.27. The first-order valence-electron chi connectivity index (χ1n) is 6.24. The minimum Gasteiger partial charge on any atom is -0.491 e. The molecule has 2 rings (SSSR count). The molecule has 1 heterocycles. The summed E-state index contributed by atoms with van der Waals surface area (Å²) in [6, 6.07) is 5.86. The quantitative estimate of drug-likeness (QED) is 0.861. The predicted molar refractivity (Wildman–Crippen MR) is 76.5 cm³/mol. The van der Waals surface area contributed by atoms with Crippen molar-refractivity contribution in [3.63, 3.8) is 0 Å². The maximum Gasteiger partial charge on any atom is 0.408 e. The smallest absolute Gasteiger partial charge is 0.408 e. The third-order valence-electron chi connectivity index (χ3n) is 2.66. The van der Waals surface area contributed by atoms with Crippen molar-refractivity contribution in [1.82, 2.24) is 5.32 Å². The van der Waals surface area contributed by atoms with Crippen LogP contribution in [0.1, 0.15) is 26.3 Å². The first-order chi connectivity index (χ1) is 8.83. The van der Waals surface area contributed by atoms with Gasteiger partial charge in [0.2, 0.25) is 0 Å².